The minimum Gasteiger partial charge on any atom is -0.490 e. The Morgan fingerprint density at radius 3 is 2.52 bits per heavy atom. The second-order valence-electron chi connectivity index (χ2n) is 5.14. The molecule has 0 amide bonds. The predicted octanol–water partition coefficient (Wildman–Crippen LogP) is 3.79. The van der Waals surface area contributed by atoms with Crippen LogP contribution in [0, 0.1) is 0 Å². The second-order valence-corrected chi connectivity index (χ2v) is 5.58. The zero-order valence-electron chi connectivity index (χ0n) is 13.7. The molecule has 0 saturated heterocycles. The van der Waals surface area contributed by atoms with Gasteiger partial charge < -0.3 is 9.47 Å². The molecule has 0 aliphatic rings. The molecular weight excluding hydrogens is 340 g/mol. The maximum Gasteiger partial charge on any atom is 0.161 e. The Morgan fingerprint density at radius 2 is 1.80 bits per heavy atom. The molecule has 0 fully saturated rings. The smallest absolute Gasteiger partial charge is 0.161 e. The molecule has 3 rings (SSSR count). The highest BCUT2D eigenvalue weighted by Gasteiger charge is 2.06. The third-order valence-electron chi connectivity index (χ3n) is 3.32. The van der Waals surface area contributed by atoms with Crippen molar-refractivity contribution < 1.29 is 9.47 Å². The van der Waals surface area contributed by atoms with Crippen LogP contribution in [-0.4, -0.2) is 27.7 Å². The molecule has 0 N–H and O–H groups in total. The highest BCUT2D eigenvalue weighted by Crippen LogP contribution is 2.29. The molecule has 0 radical (unpaired) electrons. The number of nitrogens with zero attached hydrogens (tertiary/aromatic N) is 4. The fraction of sp³-hybridized carbons (Fsp3) is 0.167. The van der Waals surface area contributed by atoms with Crippen LogP contribution in [0.15, 0.2) is 60.2 Å². The van der Waals surface area contributed by atoms with Crippen LogP contribution in [0.5, 0.6) is 11.5 Å². The normalized spacial score (nSPS) is 11.0. The summed E-state index contributed by atoms with van der Waals surface area (Å²) in [5, 5.41) is 12.3. The number of benzene rings is 2. The van der Waals surface area contributed by atoms with E-state index in [0.717, 1.165) is 11.1 Å². The lowest BCUT2D eigenvalue weighted by Crippen LogP contribution is -2.00. The van der Waals surface area contributed by atoms with Gasteiger partial charge in [0.05, 0.1) is 12.8 Å². The molecule has 1 aromatic heterocycles. The van der Waals surface area contributed by atoms with E-state index in [1.165, 1.54) is 17.3 Å². The second kappa shape index (κ2) is 8.30. The van der Waals surface area contributed by atoms with E-state index in [1.807, 2.05) is 49.4 Å². The van der Waals surface area contributed by atoms with E-state index < -0.39 is 0 Å². The lowest BCUT2D eigenvalue weighted by molar-refractivity contribution is 0.269. The third-order valence-corrected chi connectivity index (χ3v) is 3.57. The molecule has 6 nitrogen and oxygen atoms in total. The van der Waals surface area contributed by atoms with Crippen LogP contribution in [0.2, 0.25) is 5.02 Å². The largest absolute Gasteiger partial charge is 0.490 e. The molecule has 2 aromatic carbocycles. The summed E-state index contributed by atoms with van der Waals surface area (Å²) in [6.45, 7) is 2.91. The van der Waals surface area contributed by atoms with E-state index in [2.05, 4.69) is 15.3 Å². The molecular formula is C18H17ClN4O2. The number of aromatic nitrogens is 3. The van der Waals surface area contributed by atoms with Gasteiger partial charge in [-0.3, -0.25) is 0 Å². The van der Waals surface area contributed by atoms with Crippen LogP contribution in [0.25, 0.3) is 0 Å². The van der Waals surface area contributed by atoms with Crippen molar-refractivity contribution in [1.29, 1.82) is 0 Å². The molecule has 0 aliphatic heterocycles. The number of hydrogen-bond donors (Lipinski definition) is 0. The molecule has 0 bridgehead atoms. The Balaban J connectivity index is 1.73. The summed E-state index contributed by atoms with van der Waals surface area (Å²) in [7, 11) is 0. The minimum absolute atomic E-state index is 0.436. The molecule has 128 valence electrons. The average molecular weight is 357 g/mol. The van der Waals surface area contributed by atoms with Gasteiger partial charge in [0.1, 0.15) is 19.3 Å². The van der Waals surface area contributed by atoms with Gasteiger partial charge in [0.15, 0.2) is 11.5 Å². The Labute approximate surface area is 150 Å². The summed E-state index contributed by atoms with van der Waals surface area (Å²) in [5.74, 6) is 1.35. The molecule has 1 heterocycles. The van der Waals surface area contributed by atoms with E-state index in [4.69, 9.17) is 21.1 Å². The summed E-state index contributed by atoms with van der Waals surface area (Å²) in [6, 6.07) is 13.2. The summed E-state index contributed by atoms with van der Waals surface area (Å²) in [6.07, 6.45) is 4.74. The molecule has 0 aliphatic carbocycles. The minimum atomic E-state index is 0.436. The summed E-state index contributed by atoms with van der Waals surface area (Å²) < 4.78 is 13.1. The Hall–Kier alpha value is -2.86. The van der Waals surface area contributed by atoms with Crippen molar-refractivity contribution in [3.8, 4) is 11.5 Å². The van der Waals surface area contributed by atoms with E-state index in [1.54, 1.807) is 6.21 Å². The lowest BCUT2D eigenvalue weighted by Gasteiger charge is -2.12. The highest BCUT2D eigenvalue weighted by molar-refractivity contribution is 6.30. The van der Waals surface area contributed by atoms with Gasteiger partial charge in [0.2, 0.25) is 0 Å². The topological polar surface area (TPSA) is 61.5 Å². The number of halogens is 1. The number of ether oxygens (including phenoxy) is 2. The fourth-order valence-electron chi connectivity index (χ4n) is 2.12. The first-order valence-electron chi connectivity index (χ1n) is 7.77. The van der Waals surface area contributed by atoms with Gasteiger partial charge in [0, 0.05) is 5.02 Å². The first-order valence-corrected chi connectivity index (χ1v) is 8.15. The van der Waals surface area contributed by atoms with Gasteiger partial charge in [0.25, 0.3) is 0 Å². The van der Waals surface area contributed by atoms with Crippen LogP contribution in [0.1, 0.15) is 18.1 Å². The summed E-state index contributed by atoms with van der Waals surface area (Å²) in [4.78, 5) is 0. The van der Waals surface area contributed by atoms with Crippen molar-refractivity contribution in [3.63, 3.8) is 0 Å². The van der Waals surface area contributed by atoms with Crippen LogP contribution in [0.4, 0.5) is 0 Å². The van der Waals surface area contributed by atoms with Gasteiger partial charge in [-0.25, -0.2) is 4.68 Å². The molecule has 0 atom stereocenters. The fourth-order valence-corrected chi connectivity index (χ4v) is 2.25. The number of hydrogen-bond acceptors (Lipinski definition) is 5. The Bertz CT molecular complexity index is 833. The summed E-state index contributed by atoms with van der Waals surface area (Å²) >= 11 is 5.90. The van der Waals surface area contributed by atoms with Crippen molar-refractivity contribution in [1.82, 2.24) is 14.9 Å². The molecule has 0 spiro atoms. The zero-order chi connectivity index (χ0) is 17.5. The predicted molar refractivity (Wildman–Crippen MR) is 96.4 cm³/mol. The monoisotopic (exact) mass is 356 g/mol. The SMILES string of the molecule is CCOc1cc(/C=N/n2cnnc2)ccc1OCc1ccc(Cl)cc1. The average Bonchev–Trinajstić information content (AvgIpc) is 3.14. The molecule has 0 unspecified atom stereocenters. The van der Waals surface area contributed by atoms with Crippen LogP contribution in [-0.2, 0) is 6.61 Å². The maximum absolute atomic E-state index is 5.90. The Kier molecular flexibility index (Phi) is 5.64. The Morgan fingerprint density at radius 1 is 1.04 bits per heavy atom. The van der Waals surface area contributed by atoms with E-state index >= 15 is 0 Å². The van der Waals surface area contributed by atoms with Crippen LogP contribution >= 0.6 is 11.6 Å². The number of rotatable bonds is 7. The zero-order valence-corrected chi connectivity index (χ0v) is 14.4. The van der Waals surface area contributed by atoms with Gasteiger partial charge >= 0.3 is 0 Å². The quantitative estimate of drug-likeness (QED) is 0.604. The molecule has 0 saturated carbocycles. The van der Waals surface area contributed by atoms with E-state index in [0.29, 0.717) is 29.7 Å². The van der Waals surface area contributed by atoms with Gasteiger partial charge in [-0.1, -0.05) is 23.7 Å². The van der Waals surface area contributed by atoms with Crippen molar-refractivity contribution in [2.45, 2.75) is 13.5 Å². The van der Waals surface area contributed by atoms with Gasteiger partial charge in [-0.15, -0.1) is 10.2 Å². The van der Waals surface area contributed by atoms with Crippen molar-refractivity contribution in [2.75, 3.05) is 6.61 Å². The van der Waals surface area contributed by atoms with Crippen LogP contribution in [0.3, 0.4) is 0 Å². The molecule has 25 heavy (non-hydrogen) atoms. The van der Waals surface area contributed by atoms with Gasteiger partial charge in [-0.05, 0) is 48.4 Å². The van der Waals surface area contributed by atoms with E-state index in [9.17, 15) is 0 Å². The summed E-state index contributed by atoms with van der Waals surface area (Å²) in [5.41, 5.74) is 1.92. The maximum atomic E-state index is 5.90. The standard InChI is InChI=1S/C18H17ClN4O2/c1-2-24-18-9-15(10-22-23-12-20-21-13-23)5-8-17(18)25-11-14-3-6-16(19)7-4-14/h3-10,12-13H,2,11H2,1H3/b22-10+. The molecule has 3 aromatic rings. The van der Waals surface area contributed by atoms with Crippen LogP contribution < -0.4 is 9.47 Å². The van der Waals surface area contributed by atoms with Crippen molar-refractivity contribution in [2.24, 2.45) is 5.10 Å². The van der Waals surface area contributed by atoms with E-state index in [-0.39, 0.29) is 0 Å². The van der Waals surface area contributed by atoms with Gasteiger partial charge in [-0.2, -0.15) is 5.10 Å². The van der Waals surface area contributed by atoms with Crippen molar-refractivity contribution >= 4 is 17.8 Å². The van der Waals surface area contributed by atoms with Crippen molar-refractivity contribution in [3.05, 3.63) is 71.3 Å². The molecule has 7 heteroatoms. The first-order chi connectivity index (χ1) is 12.2. The highest BCUT2D eigenvalue weighted by atomic mass is 35.5. The third kappa shape index (κ3) is 4.81. The first kappa shape index (κ1) is 17.0. The lowest BCUT2D eigenvalue weighted by atomic mass is 10.2.